The number of rotatable bonds is 5. The molecule has 26 heavy (non-hydrogen) atoms. The zero-order chi connectivity index (χ0) is 18.8. The SMILES string of the molecule is CCc1ccc(NC(=O)Cc2noc3cc(C)cc(C)c23)cc1[N+](=O)[O-]. The van der Waals surface area contributed by atoms with Gasteiger partial charge in [0.15, 0.2) is 5.58 Å². The smallest absolute Gasteiger partial charge is 0.274 e. The minimum Gasteiger partial charge on any atom is -0.356 e. The lowest BCUT2D eigenvalue weighted by Gasteiger charge is -2.06. The van der Waals surface area contributed by atoms with Crippen molar-refractivity contribution in [2.45, 2.75) is 33.6 Å². The van der Waals surface area contributed by atoms with Gasteiger partial charge in [0.2, 0.25) is 5.91 Å². The van der Waals surface area contributed by atoms with Gasteiger partial charge in [0.05, 0.1) is 11.3 Å². The monoisotopic (exact) mass is 353 g/mol. The van der Waals surface area contributed by atoms with Gasteiger partial charge < -0.3 is 9.84 Å². The number of nitro groups is 1. The van der Waals surface area contributed by atoms with Crippen LogP contribution in [0.15, 0.2) is 34.9 Å². The molecule has 0 spiro atoms. The first-order valence-corrected chi connectivity index (χ1v) is 8.31. The Balaban J connectivity index is 1.82. The summed E-state index contributed by atoms with van der Waals surface area (Å²) >= 11 is 0. The number of carbonyl (C=O) groups is 1. The van der Waals surface area contributed by atoms with E-state index >= 15 is 0 Å². The number of nitrogens with one attached hydrogen (secondary N) is 1. The highest BCUT2D eigenvalue weighted by Crippen LogP contribution is 2.26. The van der Waals surface area contributed by atoms with Crippen LogP contribution in [0.4, 0.5) is 11.4 Å². The Morgan fingerprint density at radius 2 is 2.04 bits per heavy atom. The van der Waals surface area contributed by atoms with Gasteiger partial charge in [0.25, 0.3) is 5.69 Å². The number of hydrogen-bond acceptors (Lipinski definition) is 5. The lowest BCUT2D eigenvalue weighted by molar-refractivity contribution is -0.385. The summed E-state index contributed by atoms with van der Waals surface area (Å²) in [5.74, 6) is -0.307. The maximum atomic E-state index is 12.4. The van der Waals surface area contributed by atoms with E-state index in [0.29, 0.717) is 28.9 Å². The molecule has 2 aromatic carbocycles. The zero-order valence-electron chi connectivity index (χ0n) is 14.8. The van der Waals surface area contributed by atoms with Gasteiger partial charge in [0.1, 0.15) is 5.69 Å². The molecular formula is C19H19N3O4. The Kier molecular flexibility index (Phi) is 4.71. The molecular weight excluding hydrogens is 334 g/mol. The first-order valence-electron chi connectivity index (χ1n) is 8.31. The molecule has 7 heteroatoms. The fourth-order valence-electron chi connectivity index (χ4n) is 3.11. The first kappa shape index (κ1) is 17.6. The molecule has 1 N–H and O–H groups in total. The second kappa shape index (κ2) is 6.95. The topological polar surface area (TPSA) is 98.3 Å². The number of benzene rings is 2. The van der Waals surface area contributed by atoms with Crippen molar-refractivity contribution in [2.24, 2.45) is 0 Å². The Hall–Kier alpha value is -3.22. The molecule has 0 aliphatic heterocycles. The largest absolute Gasteiger partial charge is 0.356 e. The lowest BCUT2D eigenvalue weighted by Crippen LogP contribution is -2.15. The molecule has 7 nitrogen and oxygen atoms in total. The molecule has 0 atom stereocenters. The minimum absolute atomic E-state index is 0.00325. The number of amides is 1. The summed E-state index contributed by atoms with van der Waals surface area (Å²) in [4.78, 5) is 23.1. The van der Waals surface area contributed by atoms with Crippen molar-refractivity contribution in [3.8, 4) is 0 Å². The number of hydrogen-bond donors (Lipinski definition) is 1. The summed E-state index contributed by atoms with van der Waals surface area (Å²) in [6.45, 7) is 5.76. The molecule has 134 valence electrons. The van der Waals surface area contributed by atoms with E-state index in [4.69, 9.17) is 4.52 Å². The van der Waals surface area contributed by atoms with E-state index in [1.807, 2.05) is 32.9 Å². The fourth-order valence-corrected chi connectivity index (χ4v) is 3.11. The lowest BCUT2D eigenvalue weighted by atomic mass is 10.0. The van der Waals surface area contributed by atoms with Gasteiger partial charge in [-0.1, -0.05) is 24.2 Å². The van der Waals surface area contributed by atoms with Crippen molar-refractivity contribution in [2.75, 3.05) is 5.32 Å². The second-order valence-corrected chi connectivity index (χ2v) is 6.26. The van der Waals surface area contributed by atoms with Crippen LogP contribution < -0.4 is 5.32 Å². The quantitative estimate of drug-likeness (QED) is 0.550. The maximum absolute atomic E-state index is 12.4. The van der Waals surface area contributed by atoms with Crippen molar-refractivity contribution in [1.82, 2.24) is 5.16 Å². The van der Waals surface area contributed by atoms with Gasteiger partial charge in [-0.3, -0.25) is 14.9 Å². The van der Waals surface area contributed by atoms with Gasteiger partial charge >= 0.3 is 0 Å². The molecule has 1 heterocycles. The highest BCUT2D eigenvalue weighted by molar-refractivity contribution is 5.95. The van der Waals surface area contributed by atoms with Gasteiger partial charge in [-0.2, -0.15) is 0 Å². The standard InChI is InChI=1S/C19H19N3O4/c1-4-13-5-6-14(9-16(13)22(24)25)20-18(23)10-15-19-12(3)7-11(2)8-17(19)26-21-15/h5-9H,4,10H2,1-3H3,(H,20,23). The summed E-state index contributed by atoms with van der Waals surface area (Å²) < 4.78 is 5.32. The van der Waals surface area contributed by atoms with Crippen molar-refractivity contribution in [3.63, 3.8) is 0 Å². The summed E-state index contributed by atoms with van der Waals surface area (Å²) in [6, 6.07) is 8.59. The van der Waals surface area contributed by atoms with Gasteiger partial charge in [-0.05, 0) is 43.5 Å². The number of aromatic nitrogens is 1. The highest BCUT2D eigenvalue weighted by Gasteiger charge is 2.17. The zero-order valence-corrected chi connectivity index (χ0v) is 14.8. The van der Waals surface area contributed by atoms with Crippen molar-refractivity contribution < 1.29 is 14.2 Å². The van der Waals surface area contributed by atoms with Crippen LogP contribution in [0.25, 0.3) is 11.0 Å². The third-order valence-electron chi connectivity index (χ3n) is 4.26. The average molecular weight is 353 g/mol. The van der Waals surface area contributed by atoms with E-state index in [2.05, 4.69) is 10.5 Å². The average Bonchev–Trinajstić information content (AvgIpc) is 2.97. The second-order valence-electron chi connectivity index (χ2n) is 6.26. The molecule has 0 unspecified atom stereocenters. The van der Waals surface area contributed by atoms with Crippen LogP contribution in [0.1, 0.15) is 29.3 Å². The number of fused-ring (bicyclic) bond motifs is 1. The Morgan fingerprint density at radius 3 is 2.73 bits per heavy atom. The molecule has 0 radical (unpaired) electrons. The summed E-state index contributed by atoms with van der Waals surface area (Å²) in [7, 11) is 0. The number of nitro benzene ring substituents is 1. The predicted molar refractivity (Wildman–Crippen MR) is 98.3 cm³/mol. The molecule has 0 bridgehead atoms. The van der Waals surface area contributed by atoms with E-state index in [1.54, 1.807) is 12.1 Å². The van der Waals surface area contributed by atoms with Crippen LogP contribution >= 0.6 is 0 Å². The molecule has 0 aliphatic rings. The molecule has 0 saturated heterocycles. The summed E-state index contributed by atoms with van der Waals surface area (Å²) in [6.07, 6.45) is 0.578. The molecule has 3 rings (SSSR count). The number of nitrogens with zero attached hydrogens (tertiary/aromatic N) is 2. The Labute approximate surface area is 150 Å². The van der Waals surface area contributed by atoms with Crippen LogP contribution in [0.3, 0.4) is 0 Å². The summed E-state index contributed by atoms with van der Waals surface area (Å²) in [5.41, 5.74) is 4.27. The third kappa shape index (κ3) is 3.42. The maximum Gasteiger partial charge on any atom is 0.274 e. The van der Waals surface area contributed by atoms with Crippen molar-refractivity contribution in [1.29, 1.82) is 0 Å². The van der Waals surface area contributed by atoms with E-state index < -0.39 is 4.92 Å². The highest BCUT2D eigenvalue weighted by atomic mass is 16.6. The summed E-state index contributed by atoms with van der Waals surface area (Å²) in [5, 5.41) is 18.7. The van der Waals surface area contributed by atoms with Crippen LogP contribution in [0.2, 0.25) is 0 Å². The van der Waals surface area contributed by atoms with Crippen LogP contribution in [-0.2, 0) is 17.6 Å². The van der Waals surface area contributed by atoms with E-state index in [9.17, 15) is 14.9 Å². The fraction of sp³-hybridized carbons (Fsp3) is 0.263. The number of aryl methyl sites for hydroxylation is 3. The minimum atomic E-state index is -0.439. The van der Waals surface area contributed by atoms with Crippen molar-refractivity contribution in [3.05, 3.63) is 62.8 Å². The molecule has 1 aromatic heterocycles. The normalized spacial score (nSPS) is 10.9. The van der Waals surface area contributed by atoms with Crippen molar-refractivity contribution >= 4 is 28.3 Å². The molecule has 1 amide bonds. The van der Waals surface area contributed by atoms with Gasteiger partial charge in [-0.15, -0.1) is 0 Å². The Morgan fingerprint density at radius 1 is 1.27 bits per heavy atom. The van der Waals surface area contributed by atoms with Crippen LogP contribution in [0, 0.1) is 24.0 Å². The van der Waals surface area contributed by atoms with Gasteiger partial charge in [0, 0.05) is 22.7 Å². The molecule has 0 saturated carbocycles. The van der Waals surface area contributed by atoms with Crippen LogP contribution in [-0.4, -0.2) is 16.0 Å². The van der Waals surface area contributed by atoms with E-state index in [-0.39, 0.29) is 18.0 Å². The number of anilines is 1. The molecule has 0 aliphatic carbocycles. The van der Waals surface area contributed by atoms with Gasteiger partial charge in [-0.25, -0.2) is 0 Å². The Bertz CT molecular complexity index is 1010. The van der Waals surface area contributed by atoms with E-state index in [0.717, 1.165) is 16.5 Å². The predicted octanol–water partition coefficient (Wildman–Crippen LogP) is 4.10. The number of carbonyl (C=O) groups excluding carboxylic acids is 1. The van der Waals surface area contributed by atoms with E-state index in [1.165, 1.54) is 6.07 Å². The molecule has 3 aromatic rings. The third-order valence-corrected chi connectivity index (χ3v) is 4.26. The molecule has 0 fully saturated rings. The van der Waals surface area contributed by atoms with Crippen LogP contribution in [0.5, 0.6) is 0 Å². The first-order chi connectivity index (χ1) is 12.4.